The molecule has 0 spiro atoms. The molecular weight excluding hydrogens is 240 g/mol. The average Bonchev–Trinajstić information content (AvgIpc) is 2.64. The first-order valence-corrected chi connectivity index (χ1v) is 7.51. The highest BCUT2D eigenvalue weighted by Gasteiger charge is 2.26. The van der Waals surface area contributed by atoms with E-state index in [-0.39, 0.29) is 11.0 Å². The number of ether oxygens (including phenoxy) is 1. The van der Waals surface area contributed by atoms with Crippen LogP contribution < -0.4 is 4.74 Å². The highest BCUT2D eigenvalue weighted by molar-refractivity contribution is 7.90. The van der Waals surface area contributed by atoms with Crippen molar-refractivity contribution in [1.82, 2.24) is 0 Å². The van der Waals surface area contributed by atoms with Crippen molar-refractivity contribution in [1.29, 1.82) is 0 Å². The van der Waals surface area contributed by atoms with Crippen molar-refractivity contribution in [3.63, 3.8) is 0 Å². The minimum absolute atomic E-state index is 0.168. The number of aliphatic hydroxyl groups is 1. The van der Waals surface area contributed by atoms with Crippen LogP contribution in [-0.2, 0) is 9.84 Å². The largest absolute Gasteiger partial charge is 0.488 e. The summed E-state index contributed by atoms with van der Waals surface area (Å²) >= 11 is 0. The third-order valence-corrected chi connectivity index (χ3v) is 4.09. The Morgan fingerprint density at radius 2 is 1.88 bits per heavy atom. The van der Waals surface area contributed by atoms with Crippen LogP contribution in [0.1, 0.15) is 19.3 Å². The van der Waals surface area contributed by atoms with Gasteiger partial charge in [-0.05, 0) is 43.5 Å². The third kappa shape index (κ3) is 2.98. The Bertz CT molecular complexity index is 478. The van der Waals surface area contributed by atoms with Crippen LogP contribution in [0.5, 0.6) is 5.75 Å². The molecule has 1 aromatic rings. The van der Waals surface area contributed by atoms with Crippen molar-refractivity contribution in [2.75, 3.05) is 6.26 Å². The summed E-state index contributed by atoms with van der Waals surface area (Å²) in [6.45, 7) is 0. The molecule has 17 heavy (non-hydrogen) atoms. The number of aliphatic hydroxyl groups excluding tert-OH is 1. The van der Waals surface area contributed by atoms with E-state index in [1.165, 1.54) is 18.4 Å². The molecule has 1 fully saturated rings. The van der Waals surface area contributed by atoms with Crippen LogP contribution in [0.3, 0.4) is 0 Å². The fourth-order valence-electron chi connectivity index (χ4n) is 1.98. The number of hydrogen-bond donors (Lipinski definition) is 1. The molecule has 0 unspecified atom stereocenters. The van der Waals surface area contributed by atoms with Gasteiger partial charge < -0.3 is 9.84 Å². The Balaban J connectivity index is 2.08. The lowest BCUT2D eigenvalue weighted by molar-refractivity contribution is 0.0604. The first-order valence-electron chi connectivity index (χ1n) is 5.61. The van der Waals surface area contributed by atoms with E-state index in [1.807, 2.05) is 0 Å². The summed E-state index contributed by atoms with van der Waals surface area (Å²) in [7, 11) is -3.16. The van der Waals surface area contributed by atoms with E-state index in [2.05, 4.69) is 0 Å². The first kappa shape index (κ1) is 12.4. The molecule has 94 valence electrons. The maximum absolute atomic E-state index is 11.3. The van der Waals surface area contributed by atoms with Crippen molar-refractivity contribution >= 4 is 9.84 Å². The molecule has 0 radical (unpaired) electrons. The van der Waals surface area contributed by atoms with Gasteiger partial charge in [-0.3, -0.25) is 0 Å². The van der Waals surface area contributed by atoms with Crippen molar-refractivity contribution in [2.24, 2.45) is 0 Å². The van der Waals surface area contributed by atoms with E-state index in [4.69, 9.17) is 4.74 Å². The predicted molar refractivity (Wildman–Crippen MR) is 63.8 cm³/mol. The Morgan fingerprint density at radius 3 is 2.35 bits per heavy atom. The zero-order valence-corrected chi connectivity index (χ0v) is 10.5. The van der Waals surface area contributed by atoms with Crippen molar-refractivity contribution in [2.45, 2.75) is 36.4 Å². The van der Waals surface area contributed by atoms with Crippen LogP contribution in [0.2, 0.25) is 0 Å². The van der Waals surface area contributed by atoms with Gasteiger partial charge in [0.15, 0.2) is 9.84 Å². The van der Waals surface area contributed by atoms with E-state index in [0.29, 0.717) is 5.75 Å². The molecule has 1 aliphatic carbocycles. The van der Waals surface area contributed by atoms with Gasteiger partial charge in [0, 0.05) is 6.26 Å². The molecule has 0 saturated heterocycles. The molecule has 1 aromatic carbocycles. The molecule has 1 aliphatic rings. The molecule has 0 bridgehead atoms. The molecule has 1 saturated carbocycles. The highest BCUT2D eigenvalue weighted by atomic mass is 32.2. The predicted octanol–water partition coefficient (Wildman–Crippen LogP) is 1.38. The minimum Gasteiger partial charge on any atom is -0.488 e. The zero-order valence-electron chi connectivity index (χ0n) is 9.67. The van der Waals surface area contributed by atoms with Crippen LogP contribution in [-0.4, -0.2) is 32.0 Å². The molecule has 5 heteroatoms. The van der Waals surface area contributed by atoms with Crippen molar-refractivity contribution in [3.05, 3.63) is 24.3 Å². The first-order chi connectivity index (χ1) is 7.97. The summed E-state index contributed by atoms with van der Waals surface area (Å²) in [4.78, 5) is 0.275. The molecule has 2 rings (SSSR count). The van der Waals surface area contributed by atoms with Gasteiger partial charge in [-0.2, -0.15) is 0 Å². The minimum atomic E-state index is -3.16. The Labute approximate surface area is 101 Å². The van der Waals surface area contributed by atoms with Crippen LogP contribution in [0.4, 0.5) is 0 Å². The van der Waals surface area contributed by atoms with E-state index in [1.54, 1.807) is 12.1 Å². The summed E-state index contributed by atoms with van der Waals surface area (Å²) in [6.07, 6.45) is 3.17. The Kier molecular flexibility index (Phi) is 3.40. The van der Waals surface area contributed by atoms with E-state index in [9.17, 15) is 13.5 Å². The molecule has 2 atom stereocenters. The van der Waals surface area contributed by atoms with E-state index < -0.39 is 15.9 Å². The summed E-state index contributed by atoms with van der Waals surface area (Å²) < 4.78 is 28.1. The smallest absolute Gasteiger partial charge is 0.175 e. The molecule has 0 amide bonds. The lowest BCUT2D eigenvalue weighted by Gasteiger charge is -2.17. The van der Waals surface area contributed by atoms with E-state index in [0.717, 1.165) is 19.3 Å². The fourth-order valence-corrected chi connectivity index (χ4v) is 2.61. The van der Waals surface area contributed by atoms with Gasteiger partial charge in [0.25, 0.3) is 0 Å². The van der Waals surface area contributed by atoms with Gasteiger partial charge in [-0.25, -0.2) is 8.42 Å². The topological polar surface area (TPSA) is 63.6 Å². The number of benzene rings is 1. The van der Waals surface area contributed by atoms with Gasteiger partial charge in [0.1, 0.15) is 11.9 Å². The summed E-state index contributed by atoms with van der Waals surface area (Å²) in [5.74, 6) is 0.600. The lowest BCUT2D eigenvalue weighted by atomic mass is 10.2. The number of sulfone groups is 1. The molecule has 1 N–H and O–H groups in total. The van der Waals surface area contributed by atoms with Gasteiger partial charge in [-0.15, -0.1) is 0 Å². The molecule has 4 nitrogen and oxygen atoms in total. The Hall–Kier alpha value is -1.07. The summed E-state index contributed by atoms with van der Waals surface area (Å²) in [5.41, 5.74) is 0. The quantitative estimate of drug-likeness (QED) is 0.887. The highest BCUT2D eigenvalue weighted by Crippen LogP contribution is 2.25. The second-order valence-corrected chi connectivity index (χ2v) is 6.41. The van der Waals surface area contributed by atoms with Crippen LogP contribution in [0.15, 0.2) is 29.2 Å². The molecule has 0 aromatic heterocycles. The number of hydrogen-bond acceptors (Lipinski definition) is 4. The molecular formula is C12H16O4S. The van der Waals surface area contributed by atoms with Gasteiger partial charge in [-0.1, -0.05) is 0 Å². The zero-order chi connectivity index (χ0) is 12.5. The second-order valence-electron chi connectivity index (χ2n) is 4.40. The van der Waals surface area contributed by atoms with Crippen LogP contribution >= 0.6 is 0 Å². The normalized spacial score (nSPS) is 24.8. The molecule has 0 aliphatic heterocycles. The summed E-state index contributed by atoms with van der Waals surface area (Å²) in [6, 6.07) is 6.29. The average molecular weight is 256 g/mol. The van der Waals surface area contributed by atoms with Gasteiger partial charge in [0.05, 0.1) is 11.0 Å². The Morgan fingerprint density at radius 1 is 1.24 bits per heavy atom. The van der Waals surface area contributed by atoms with Crippen molar-refractivity contribution < 1.29 is 18.3 Å². The monoisotopic (exact) mass is 256 g/mol. The van der Waals surface area contributed by atoms with Crippen LogP contribution in [0.25, 0.3) is 0 Å². The van der Waals surface area contributed by atoms with Crippen LogP contribution in [0, 0.1) is 0 Å². The SMILES string of the molecule is CS(=O)(=O)c1ccc(O[C@H]2CCC[C@@H]2O)cc1. The van der Waals surface area contributed by atoms with Gasteiger partial charge >= 0.3 is 0 Å². The van der Waals surface area contributed by atoms with Gasteiger partial charge in [0.2, 0.25) is 0 Å². The summed E-state index contributed by atoms with van der Waals surface area (Å²) in [5, 5.41) is 9.61. The second kappa shape index (κ2) is 4.66. The fraction of sp³-hybridized carbons (Fsp3) is 0.500. The number of rotatable bonds is 3. The standard InChI is InChI=1S/C12H16O4S/c1-17(14,15)10-7-5-9(6-8-10)16-12-4-2-3-11(12)13/h5-8,11-13H,2-4H2,1H3/t11-,12-/m0/s1. The third-order valence-electron chi connectivity index (χ3n) is 2.96. The molecule has 0 heterocycles. The lowest BCUT2D eigenvalue weighted by Crippen LogP contribution is -2.25. The maximum atomic E-state index is 11.3. The van der Waals surface area contributed by atoms with Crippen molar-refractivity contribution in [3.8, 4) is 5.75 Å². The maximum Gasteiger partial charge on any atom is 0.175 e. The van der Waals surface area contributed by atoms with E-state index >= 15 is 0 Å².